The first-order chi connectivity index (χ1) is 29.1. The summed E-state index contributed by atoms with van der Waals surface area (Å²) in [6.07, 6.45) is 0.821. The molecule has 0 unspecified atom stereocenters. The van der Waals surface area contributed by atoms with Crippen LogP contribution in [0.1, 0.15) is 22.3 Å². The second-order valence-electron chi connectivity index (χ2n) is 15.6. The van der Waals surface area contributed by atoms with Crippen molar-refractivity contribution in [3.05, 3.63) is 222 Å². The number of aryl methyl sites for hydroxylation is 1. The maximum atomic E-state index is 6.52. The first-order valence-corrected chi connectivity index (χ1v) is 20.5. The van der Waals surface area contributed by atoms with Crippen molar-refractivity contribution in [3.8, 4) is 55.6 Å². The second-order valence-corrected chi connectivity index (χ2v) is 15.6. The van der Waals surface area contributed by atoms with Crippen molar-refractivity contribution in [2.45, 2.75) is 20.3 Å². The molecule has 0 aliphatic heterocycles. The first kappa shape index (κ1) is 34.8. The lowest BCUT2D eigenvalue weighted by Gasteiger charge is -2.36. The number of fused-ring (bicyclic) bond motifs is 6. The first-order valence-electron chi connectivity index (χ1n) is 20.5. The van der Waals surface area contributed by atoms with Crippen LogP contribution < -0.4 is 4.90 Å². The third kappa shape index (κ3) is 5.71. The molecule has 2 nitrogen and oxygen atoms in total. The lowest BCUT2D eigenvalue weighted by Crippen LogP contribution is -2.18. The molecule has 1 heterocycles. The summed E-state index contributed by atoms with van der Waals surface area (Å²) in [6, 6.07) is 72.8. The van der Waals surface area contributed by atoms with Crippen molar-refractivity contribution in [1.29, 1.82) is 0 Å². The summed E-state index contributed by atoms with van der Waals surface area (Å²) in [7, 11) is 0. The van der Waals surface area contributed by atoms with Crippen LogP contribution in [0.15, 0.2) is 205 Å². The van der Waals surface area contributed by atoms with E-state index in [9.17, 15) is 0 Å². The minimum atomic E-state index is 0.821. The highest BCUT2D eigenvalue weighted by molar-refractivity contribution is 6.15. The predicted octanol–water partition coefficient (Wildman–Crippen LogP) is 15.9. The third-order valence-corrected chi connectivity index (χ3v) is 12.3. The zero-order valence-electron chi connectivity index (χ0n) is 33.1. The van der Waals surface area contributed by atoms with Crippen LogP contribution >= 0.6 is 0 Å². The van der Waals surface area contributed by atoms with Gasteiger partial charge >= 0.3 is 0 Å². The molecule has 59 heavy (non-hydrogen) atoms. The number of anilines is 3. The molecule has 11 rings (SSSR count). The lowest BCUT2D eigenvalue weighted by atomic mass is 9.85. The van der Waals surface area contributed by atoms with Gasteiger partial charge in [0.2, 0.25) is 0 Å². The van der Waals surface area contributed by atoms with Gasteiger partial charge in [-0.2, -0.15) is 0 Å². The molecule has 0 fully saturated rings. The maximum absolute atomic E-state index is 6.52. The summed E-state index contributed by atoms with van der Waals surface area (Å²) in [6.45, 7) is 4.55. The van der Waals surface area contributed by atoms with E-state index in [4.69, 9.17) is 4.42 Å². The van der Waals surface area contributed by atoms with E-state index in [0.717, 1.165) is 45.2 Å². The predicted molar refractivity (Wildman–Crippen MR) is 248 cm³/mol. The van der Waals surface area contributed by atoms with E-state index in [1.54, 1.807) is 0 Å². The largest absolute Gasteiger partial charge is 0.456 e. The van der Waals surface area contributed by atoms with Gasteiger partial charge in [0, 0.05) is 33.9 Å². The Labute approximate surface area is 345 Å². The van der Waals surface area contributed by atoms with E-state index in [1.807, 2.05) is 0 Å². The molecular weight excluding hydrogens is 715 g/mol. The van der Waals surface area contributed by atoms with Crippen LogP contribution in [0.4, 0.5) is 17.1 Å². The van der Waals surface area contributed by atoms with Crippen LogP contribution in [-0.2, 0) is 6.42 Å². The Morgan fingerprint density at radius 3 is 1.78 bits per heavy atom. The highest BCUT2D eigenvalue weighted by Gasteiger charge is 2.34. The number of hydrogen-bond acceptors (Lipinski definition) is 2. The molecule has 0 amide bonds. The van der Waals surface area contributed by atoms with Gasteiger partial charge in [0.05, 0.1) is 17.1 Å². The van der Waals surface area contributed by atoms with Crippen molar-refractivity contribution in [3.63, 3.8) is 0 Å². The monoisotopic (exact) mass is 755 g/mol. The molecule has 1 aliphatic carbocycles. The molecule has 0 spiro atoms. The number of nitrogens with zero attached hydrogens (tertiary/aromatic N) is 1. The standard InChI is InChI=1S/C57H41NO/c1-37-33-34-44(39-19-6-3-7-20-39)56(38(37)2)58(51-30-16-14-27-45(51)46-29-18-32-53-55(46)47-28-15-17-31-52(47)59-53)57-50-35-42-25-12-13-26-43(42)49(50)36-48(40-21-8-4-9-22-40)54(57)41-23-10-5-11-24-41/h3-34,36H,35H2,1-2H3. The highest BCUT2D eigenvalue weighted by atomic mass is 16.3. The van der Waals surface area contributed by atoms with Gasteiger partial charge in [0.25, 0.3) is 0 Å². The Morgan fingerprint density at radius 1 is 0.424 bits per heavy atom. The summed E-state index contributed by atoms with van der Waals surface area (Å²) >= 11 is 0. The van der Waals surface area contributed by atoms with E-state index >= 15 is 0 Å². The van der Waals surface area contributed by atoms with E-state index < -0.39 is 0 Å². The quantitative estimate of drug-likeness (QED) is 0.161. The number of rotatable bonds is 7. The van der Waals surface area contributed by atoms with Crippen LogP contribution in [0, 0.1) is 13.8 Å². The molecule has 280 valence electrons. The average Bonchev–Trinajstić information content (AvgIpc) is 3.87. The Bertz CT molecular complexity index is 3200. The fraction of sp³-hybridized carbons (Fsp3) is 0.0526. The molecule has 0 saturated heterocycles. The van der Waals surface area contributed by atoms with E-state index in [2.05, 4.69) is 219 Å². The molecule has 0 bridgehead atoms. The Balaban J connectivity index is 1.34. The molecule has 0 radical (unpaired) electrons. The van der Waals surface area contributed by atoms with Crippen LogP contribution in [0.5, 0.6) is 0 Å². The SMILES string of the molecule is Cc1ccc(-c2ccccc2)c(N(c2ccccc2-c2cccc3oc4ccccc4c23)c2c3c(cc(-c4ccccc4)c2-c2ccccc2)-c2ccccc2C3)c1C. The number of hydrogen-bond donors (Lipinski definition) is 0. The van der Waals surface area contributed by atoms with Crippen LogP contribution in [0.2, 0.25) is 0 Å². The molecule has 9 aromatic carbocycles. The minimum Gasteiger partial charge on any atom is -0.456 e. The smallest absolute Gasteiger partial charge is 0.136 e. The number of furan rings is 1. The zero-order chi connectivity index (χ0) is 39.5. The molecular formula is C57H41NO. The van der Waals surface area contributed by atoms with Crippen molar-refractivity contribution in [2.24, 2.45) is 0 Å². The van der Waals surface area contributed by atoms with Crippen molar-refractivity contribution in [2.75, 3.05) is 4.90 Å². The lowest BCUT2D eigenvalue weighted by molar-refractivity contribution is 0.669. The van der Waals surface area contributed by atoms with Gasteiger partial charge in [0.15, 0.2) is 0 Å². The molecule has 1 aliphatic rings. The topological polar surface area (TPSA) is 16.4 Å². The fourth-order valence-electron chi connectivity index (χ4n) is 9.43. The van der Waals surface area contributed by atoms with Gasteiger partial charge in [-0.1, -0.05) is 176 Å². The number of para-hydroxylation sites is 2. The van der Waals surface area contributed by atoms with Gasteiger partial charge in [-0.3, -0.25) is 0 Å². The molecule has 1 aromatic heterocycles. The Hall–Kier alpha value is -7.42. The van der Waals surface area contributed by atoms with E-state index in [1.165, 1.54) is 78.1 Å². The summed E-state index contributed by atoms with van der Waals surface area (Å²) < 4.78 is 6.52. The van der Waals surface area contributed by atoms with E-state index in [0.29, 0.717) is 0 Å². The molecule has 0 N–H and O–H groups in total. The normalized spacial score (nSPS) is 11.8. The van der Waals surface area contributed by atoms with Crippen molar-refractivity contribution < 1.29 is 4.42 Å². The number of benzene rings is 9. The average molecular weight is 756 g/mol. The van der Waals surface area contributed by atoms with Crippen molar-refractivity contribution >= 4 is 39.0 Å². The van der Waals surface area contributed by atoms with E-state index in [-0.39, 0.29) is 0 Å². The van der Waals surface area contributed by atoms with Gasteiger partial charge in [-0.15, -0.1) is 0 Å². The molecule has 10 aromatic rings. The summed E-state index contributed by atoms with van der Waals surface area (Å²) in [5, 5.41) is 2.24. The summed E-state index contributed by atoms with van der Waals surface area (Å²) in [4.78, 5) is 2.64. The van der Waals surface area contributed by atoms with Crippen LogP contribution in [0.25, 0.3) is 77.6 Å². The molecule has 2 heteroatoms. The maximum Gasteiger partial charge on any atom is 0.136 e. The van der Waals surface area contributed by atoms with Crippen LogP contribution in [0.3, 0.4) is 0 Å². The van der Waals surface area contributed by atoms with Gasteiger partial charge in [-0.05, 0) is 99.3 Å². The van der Waals surface area contributed by atoms with Gasteiger partial charge in [0.1, 0.15) is 11.2 Å². The second kappa shape index (κ2) is 14.2. The Morgan fingerprint density at radius 2 is 1.02 bits per heavy atom. The minimum absolute atomic E-state index is 0.821. The van der Waals surface area contributed by atoms with Crippen molar-refractivity contribution in [1.82, 2.24) is 0 Å². The Kier molecular flexibility index (Phi) is 8.37. The third-order valence-electron chi connectivity index (χ3n) is 12.3. The zero-order valence-corrected chi connectivity index (χ0v) is 33.1. The van der Waals surface area contributed by atoms with Crippen LogP contribution in [-0.4, -0.2) is 0 Å². The van der Waals surface area contributed by atoms with Gasteiger partial charge in [-0.25, -0.2) is 0 Å². The van der Waals surface area contributed by atoms with Gasteiger partial charge < -0.3 is 9.32 Å². The molecule has 0 saturated carbocycles. The molecule has 0 atom stereocenters. The summed E-state index contributed by atoms with van der Waals surface area (Å²) in [5.41, 5.74) is 22.4. The fourth-order valence-corrected chi connectivity index (χ4v) is 9.43. The summed E-state index contributed by atoms with van der Waals surface area (Å²) in [5.74, 6) is 0. The highest BCUT2D eigenvalue weighted by Crippen LogP contribution is 2.57.